The average molecular weight is 280 g/mol. The third-order valence-corrected chi connectivity index (χ3v) is 3.79. The van der Waals surface area contributed by atoms with Crippen molar-refractivity contribution in [1.82, 2.24) is 0 Å². The van der Waals surface area contributed by atoms with Crippen LogP contribution in [0.5, 0.6) is 5.75 Å². The maximum absolute atomic E-state index is 13.5. The summed E-state index contributed by atoms with van der Waals surface area (Å²) in [5, 5.41) is 0. The number of rotatable bonds is 3. The normalized spacial score (nSPS) is 11.3. The van der Waals surface area contributed by atoms with Gasteiger partial charge in [-0.3, -0.25) is 0 Å². The molecule has 0 saturated carbocycles. The first kappa shape index (κ1) is 13.5. The zero-order valence-electron chi connectivity index (χ0n) is 10.6. The molecule has 2 aromatic rings. The van der Waals surface area contributed by atoms with E-state index in [2.05, 4.69) is 0 Å². The van der Waals surface area contributed by atoms with Crippen LogP contribution in [-0.4, -0.2) is 8.42 Å². The molecule has 0 N–H and O–H groups in total. The van der Waals surface area contributed by atoms with E-state index in [9.17, 15) is 12.8 Å². The van der Waals surface area contributed by atoms with Crippen molar-refractivity contribution in [3.63, 3.8) is 0 Å². The molecule has 19 heavy (non-hydrogen) atoms. The molecular formula is C14H13FO3S. The number of hydrogen-bond acceptors (Lipinski definition) is 3. The second-order valence-electron chi connectivity index (χ2n) is 4.29. The molecule has 0 aliphatic rings. The zero-order chi connectivity index (χ0) is 14.0. The Labute approximate surface area is 111 Å². The molecule has 2 aromatic carbocycles. The van der Waals surface area contributed by atoms with E-state index in [1.807, 2.05) is 19.9 Å². The summed E-state index contributed by atoms with van der Waals surface area (Å²) < 4.78 is 42.4. The highest BCUT2D eigenvalue weighted by molar-refractivity contribution is 7.87. The van der Waals surface area contributed by atoms with Gasteiger partial charge in [-0.2, -0.15) is 8.42 Å². The smallest absolute Gasteiger partial charge is 0.342 e. The van der Waals surface area contributed by atoms with Crippen LogP contribution in [0.1, 0.15) is 11.1 Å². The Hall–Kier alpha value is -1.88. The zero-order valence-corrected chi connectivity index (χ0v) is 11.4. The Bertz CT molecular complexity index is 688. The number of halogens is 1. The van der Waals surface area contributed by atoms with Crippen molar-refractivity contribution >= 4 is 10.1 Å². The molecule has 100 valence electrons. The fourth-order valence-electron chi connectivity index (χ4n) is 1.80. The molecule has 0 unspecified atom stereocenters. The number of aryl methyl sites for hydroxylation is 2. The lowest BCUT2D eigenvalue weighted by Crippen LogP contribution is -2.11. The van der Waals surface area contributed by atoms with Crippen LogP contribution < -0.4 is 4.18 Å². The molecule has 0 aliphatic heterocycles. The molecule has 2 rings (SSSR count). The van der Waals surface area contributed by atoms with Crippen molar-refractivity contribution in [1.29, 1.82) is 0 Å². The third-order valence-electron chi connectivity index (χ3n) is 2.51. The summed E-state index contributed by atoms with van der Waals surface area (Å²) in [5.74, 6) is -0.646. The van der Waals surface area contributed by atoms with Crippen LogP contribution in [0.15, 0.2) is 47.4 Å². The summed E-state index contributed by atoms with van der Waals surface area (Å²) in [6.07, 6.45) is 0. The van der Waals surface area contributed by atoms with Gasteiger partial charge >= 0.3 is 10.1 Å². The van der Waals surface area contributed by atoms with Crippen LogP contribution in [0.4, 0.5) is 4.39 Å². The van der Waals surface area contributed by atoms with E-state index in [1.54, 1.807) is 12.1 Å². The SMILES string of the molecule is Cc1cc(C)cc(OS(=O)(=O)c2ccccc2F)c1. The van der Waals surface area contributed by atoms with Crippen LogP contribution in [-0.2, 0) is 10.1 Å². The van der Waals surface area contributed by atoms with Gasteiger partial charge in [-0.15, -0.1) is 0 Å². The van der Waals surface area contributed by atoms with Gasteiger partial charge in [-0.05, 0) is 49.2 Å². The molecule has 0 aliphatic carbocycles. The standard InChI is InChI=1S/C14H13FO3S/c1-10-7-11(2)9-12(8-10)18-19(16,17)14-6-4-3-5-13(14)15/h3-9H,1-2H3. The van der Waals surface area contributed by atoms with Crippen LogP contribution in [0.3, 0.4) is 0 Å². The predicted molar refractivity (Wildman–Crippen MR) is 70.1 cm³/mol. The molecule has 3 nitrogen and oxygen atoms in total. The predicted octanol–water partition coefficient (Wildman–Crippen LogP) is 3.21. The Kier molecular flexibility index (Phi) is 3.57. The van der Waals surface area contributed by atoms with Gasteiger partial charge in [0, 0.05) is 0 Å². The third kappa shape index (κ3) is 3.12. The Morgan fingerprint density at radius 2 is 1.58 bits per heavy atom. The highest BCUT2D eigenvalue weighted by Gasteiger charge is 2.20. The second kappa shape index (κ2) is 5.01. The molecule has 0 heterocycles. The molecule has 0 aromatic heterocycles. The van der Waals surface area contributed by atoms with Gasteiger partial charge in [0.2, 0.25) is 0 Å². The van der Waals surface area contributed by atoms with Gasteiger partial charge in [0.15, 0.2) is 0 Å². The van der Waals surface area contributed by atoms with Gasteiger partial charge in [0.05, 0.1) is 0 Å². The lowest BCUT2D eigenvalue weighted by molar-refractivity contribution is 0.476. The van der Waals surface area contributed by atoms with Gasteiger partial charge in [0.25, 0.3) is 0 Å². The van der Waals surface area contributed by atoms with E-state index in [-0.39, 0.29) is 5.75 Å². The fourth-order valence-corrected chi connectivity index (χ4v) is 2.79. The largest absolute Gasteiger partial charge is 0.379 e. The van der Waals surface area contributed by atoms with Crippen LogP contribution >= 0.6 is 0 Å². The fraction of sp³-hybridized carbons (Fsp3) is 0.143. The molecule has 0 bridgehead atoms. The van der Waals surface area contributed by atoms with Crippen molar-refractivity contribution in [3.8, 4) is 5.75 Å². The first-order valence-corrected chi connectivity index (χ1v) is 7.06. The molecule has 0 amide bonds. The molecule has 5 heteroatoms. The Morgan fingerprint density at radius 3 is 2.16 bits per heavy atom. The lowest BCUT2D eigenvalue weighted by atomic mass is 10.1. The maximum Gasteiger partial charge on any atom is 0.342 e. The minimum Gasteiger partial charge on any atom is -0.379 e. The average Bonchev–Trinajstić information content (AvgIpc) is 2.26. The molecule has 0 fully saturated rings. The van der Waals surface area contributed by atoms with Crippen molar-refractivity contribution in [2.24, 2.45) is 0 Å². The van der Waals surface area contributed by atoms with E-state index in [0.717, 1.165) is 17.2 Å². The molecular weight excluding hydrogens is 267 g/mol. The van der Waals surface area contributed by atoms with Gasteiger partial charge in [0.1, 0.15) is 16.5 Å². The molecule has 0 spiro atoms. The Balaban J connectivity index is 2.39. The Morgan fingerprint density at radius 1 is 1.00 bits per heavy atom. The molecule has 0 saturated heterocycles. The van der Waals surface area contributed by atoms with Gasteiger partial charge < -0.3 is 4.18 Å². The van der Waals surface area contributed by atoms with E-state index < -0.39 is 20.8 Å². The van der Waals surface area contributed by atoms with Gasteiger partial charge in [-0.1, -0.05) is 18.2 Å². The maximum atomic E-state index is 13.5. The minimum absolute atomic E-state index is 0.181. The first-order chi connectivity index (χ1) is 8.88. The van der Waals surface area contributed by atoms with E-state index in [1.165, 1.54) is 18.2 Å². The number of benzene rings is 2. The van der Waals surface area contributed by atoms with Crippen molar-refractivity contribution < 1.29 is 17.0 Å². The van der Waals surface area contributed by atoms with E-state index >= 15 is 0 Å². The van der Waals surface area contributed by atoms with Crippen LogP contribution in [0, 0.1) is 19.7 Å². The lowest BCUT2D eigenvalue weighted by Gasteiger charge is -2.09. The van der Waals surface area contributed by atoms with Crippen LogP contribution in [0.2, 0.25) is 0 Å². The number of hydrogen-bond donors (Lipinski definition) is 0. The summed E-state index contributed by atoms with van der Waals surface area (Å²) in [6, 6.07) is 10.2. The van der Waals surface area contributed by atoms with Crippen molar-refractivity contribution in [2.75, 3.05) is 0 Å². The summed E-state index contributed by atoms with van der Waals surface area (Å²) in [5.41, 5.74) is 1.75. The quantitative estimate of drug-likeness (QED) is 0.811. The van der Waals surface area contributed by atoms with Crippen molar-refractivity contribution in [3.05, 3.63) is 59.4 Å². The molecule has 0 atom stereocenters. The summed E-state index contributed by atoms with van der Waals surface area (Å²) in [6.45, 7) is 3.66. The van der Waals surface area contributed by atoms with Gasteiger partial charge in [-0.25, -0.2) is 4.39 Å². The molecule has 0 radical (unpaired) electrons. The summed E-state index contributed by atoms with van der Waals surface area (Å²) in [7, 11) is -4.15. The highest BCUT2D eigenvalue weighted by Crippen LogP contribution is 2.22. The van der Waals surface area contributed by atoms with Crippen molar-refractivity contribution in [2.45, 2.75) is 18.7 Å². The highest BCUT2D eigenvalue weighted by atomic mass is 32.2. The summed E-state index contributed by atoms with van der Waals surface area (Å²) >= 11 is 0. The van der Waals surface area contributed by atoms with Crippen LogP contribution in [0.25, 0.3) is 0 Å². The summed E-state index contributed by atoms with van der Waals surface area (Å²) in [4.78, 5) is -0.464. The van der Waals surface area contributed by atoms with E-state index in [0.29, 0.717) is 0 Å². The topological polar surface area (TPSA) is 43.4 Å². The first-order valence-electron chi connectivity index (χ1n) is 5.66. The monoisotopic (exact) mass is 280 g/mol. The van der Waals surface area contributed by atoms with E-state index in [4.69, 9.17) is 4.18 Å². The second-order valence-corrected chi connectivity index (χ2v) is 5.81. The minimum atomic E-state index is -4.15.